The summed E-state index contributed by atoms with van der Waals surface area (Å²) in [5.74, 6) is 0.760. The van der Waals surface area contributed by atoms with E-state index in [0.717, 1.165) is 11.4 Å². The smallest absolute Gasteiger partial charge is 0.322 e. The van der Waals surface area contributed by atoms with Crippen LogP contribution in [-0.2, 0) is 4.74 Å². The average molecular weight is 264 g/mol. The molecule has 5 heteroatoms. The molecule has 0 radical (unpaired) electrons. The standard InChI is InChI=1S/C14H20N2O3/c1-3-18-13-6-4-5-12(9-13)15-14(17)16-7-8-19-11(2)10-16/h4-6,9,11H,3,7-8,10H2,1-2H3,(H,15,17). The third-order valence-electron chi connectivity index (χ3n) is 2.92. The van der Waals surface area contributed by atoms with Crippen LogP contribution in [0.25, 0.3) is 0 Å². The summed E-state index contributed by atoms with van der Waals surface area (Å²) in [7, 11) is 0. The Labute approximate surface area is 113 Å². The Morgan fingerprint density at radius 3 is 3.16 bits per heavy atom. The van der Waals surface area contributed by atoms with Crippen LogP contribution in [-0.4, -0.2) is 43.3 Å². The molecule has 1 aromatic rings. The van der Waals surface area contributed by atoms with Crippen LogP contribution in [0, 0.1) is 0 Å². The molecule has 2 rings (SSSR count). The molecule has 1 atom stereocenters. The zero-order valence-corrected chi connectivity index (χ0v) is 11.4. The number of hydrogen-bond donors (Lipinski definition) is 1. The fourth-order valence-corrected chi connectivity index (χ4v) is 2.04. The molecule has 104 valence electrons. The molecule has 1 saturated heterocycles. The van der Waals surface area contributed by atoms with Crippen LogP contribution in [0.3, 0.4) is 0 Å². The molecule has 1 N–H and O–H groups in total. The van der Waals surface area contributed by atoms with E-state index in [1.807, 2.05) is 38.1 Å². The van der Waals surface area contributed by atoms with Gasteiger partial charge in [-0.05, 0) is 26.0 Å². The van der Waals surface area contributed by atoms with Crippen molar-refractivity contribution in [1.29, 1.82) is 0 Å². The molecule has 0 saturated carbocycles. The number of anilines is 1. The van der Waals surface area contributed by atoms with E-state index in [1.54, 1.807) is 4.90 Å². The molecule has 19 heavy (non-hydrogen) atoms. The highest BCUT2D eigenvalue weighted by Gasteiger charge is 2.21. The quantitative estimate of drug-likeness (QED) is 0.911. The molecule has 1 heterocycles. The average Bonchev–Trinajstić information content (AvgIpc) is 2.39. The molecule has 1 aliphatic heterocycles. The summed E-state index contributed by atoms with van der Waals surface area (Å²) in [6, 6.07) is 7.32. The lowest BCUT2D eigenvalue weighted by molar-refractivity contribution is -0.00138. The van der Waals surface area contributed by atoms with Crippen LogP contribution in [0.4, 0.5) is 10.5 Å². The Morgan fingerprint density at radius 2 is 2.42 bits per heavy atom. The number of carbonyl (C=O) groups is 1. The Hall–Kier alpha value is -1.75. The van der Waals surface area contributed by atoms with E-state index in [1.165, 1.54) is 0 Å². The van der Waals surface area contributed by atoms with Crippen molar-refractivity contribution in [3.05, 3.63) is 24.3 Å². The molecule has 0 aliphatic carbocycles. The van der Waals surface area contributed by atoms with Crippen molar-refractivity contribution in [2.75, 3.05) is 31.6 Å². The molecule has 0 aromatic heterocycles. The fourth-order valence-electron chi connectivity index (χ4n) is 2.04. The number of carbonyl (C=O) groups excluding carboxylic acids is 1. The summed E-state index contributed by atoms with van der Waals surface area (Å²) < 4.78 is 10.8. The summed E-state index contributed by atoms with van der Waals surface area (Å²) in [5, 5.41) is 2.88. The van der Waals surface area contributed by atoms with Gasteiger partial charge in [0.2, 0.25) is 0 Å². The van der Waals surface area contributed by atoms with Crippen LogP contribution in [0.1, 0.15) is 13.8 Å². The zero-order valence-electron chi connectivity index (χ0n) is 11.4. The van der Waals surface area contributed by atoms with Gasteiger partial charge in [-0.3, -0.25) is 0 Å². The Kier molecular flexibility index (Phi) is 4.63. The molecular formula is C14H20N2O3. The molecule has 1 aromatic carbocycles. The van der Waals surface area contributed by atoms with Crippen molar-refractivity contribution >= 4 is 11.7 Å². The van der Waals surface area contributed by atoms with Gasteiger partial charge in [-0.2, -0.15) is 0 Å². The first-order valence-corrected chi connectivity index (χ1v) is 6.59. The third kappa shape index (κ3) is 3.86. The lowest BCUT2D eigenvalue weighted by Crippen LogP contribution is -2.46. The molecule has 1 aliphatic rings. The van der Waals surface area contributed by atoms with Gasteiger partial charge in [0.1, 0.15) is 5.75 Å². The highest BCUT2D eigenvalue weighted by atomic mass is 16.5. The minimum atomic E-state index is -0.0937. The molecule has 2 amide bonds. The van der Waals surface area contributed by atoms with Crippen molar-refractivity contribution in [2.24, 2.45) is 0 Å². The third-order valence-corrected chi connectivity index (χ3v) is 2.92. The predicted molar refractivity (Wildman–Crippen MR) is 73.6 cm³/mol. The van der Waals surface area contributed by atoms with Gasteiger partial charge in [0.05, 0.1) is 19.3 Å². The zero-order chi connectivity index (χ0) is 13.7. The van der Waals surface area contributed by atoms with Gasteiger partial charge < -0.3 is 19.7 Å². The lowest BCUT2D eigenvalue weighted by atomic mass is 10.3. The number of amides is 2. The summed E-state index contributed by atoms with van der Waals surface area (Å²) >= 11 is 0. The molecule has 1 fully saturated rings. The van der Waals surface area contributed by atoms with Crippen molar-refractivity contribution < 1.29 is 14.3 Å². The Bertz CT molecular complexity index is 436. The summed E-state index contributed by atoms with van der Waals surface area (Å²) in [6.07, 6.45) is 0.0919. The predicted octanol–water partition coefficient (Wildman–Crippen LogP) is 2.34. The van der Waals surface area contributed by atoms with E-state index in [4.69, 9.17) is 9.47 Å². The number of nitrogens with one attached hydrogen (secondary N) is 1. The monoisotopic (exact) mass is 264 g/mol. The first-order valence-electron chi connectivity index (χ1n) is 6.59. The van der Waals surface area contributed by atoms with Gasteiger partial charge in [0.15, 0.2) is 0 Å². The summed E-state index contributed by atoms with van der Waals surface area (Å²) in [5.41, 5.74) is 0.745. The van der Waals surface area contributed by atoms with Gasteiger partial charge in [0, 0.05) is 24.8 Å². The van der Waals surface area contributed by atoms with E-state index in [0.29, 0.717) is 26.3 Å². The molecule has 0 spiro atoms. The number of hydrogen-bond acceptors (Lipinski definition) is 3. The van der Waals surface area contributed by atoms with Crippen molar-refractivity contribution in [3.8, 4) is 5.75 Å². The van der Waals surface area contributed by atoms with Gasteiger partial charge in [-0.1, -0.05) is 6.07 Å². The molecule has 1 unspecified atom stereocenters. The number of morpholine rings is 1. The van der Waals surface area contributed by atoms with Gasteiger partial charge >= 0.3 is 6.03 Å². The van der Waals surface area contributed by atoms with E-state index in [9.17, 15) is 4.79 Å². The van der Waals surface area contributed by atoms with Gasteiger partial charge in [-0.25, -0.2) is 4.79 Å². The van der Waals surface area contributed by atoms with E-state index in [2.05, 4.69) is 5.32 Å². The highest BCUT2D eigenvalue weighted by Crippen LogP contribution is 2.18. The highest BCUT2D eigenvalue weighted by molar-refractivity contribution is 5.89. The first-order chi connectivity index (χ1) is 9.19. The Morgan fingerprint density at radius 1 is 1.58 bits per heavy atom. The minimum absolute atomic E-state index is 0.0919. The first kappa shape index (κ1) is 13.7. The maximum absolute atomic E-state index is 12.1. The van der Waals surface area contributed by atoms with Crippen LogP contribution in [0.15, 0.2) is 24.3 Å². The fraction of sp³-hybridized carbons (Fsp3) is 0.500. The topological polar surface area (TPSA) is 50.8 Å². The molecular weight excluding hydrogens is 244 g/mol. The van der Waals surface area contributed by atoms with Crippen LogP contribution in [0.5, 0.6) is 5.75 Å². The van der Waals surface area contributed by atoms with Crippen molar-refractivity contribution in [3.63, 3.8) is 0 Å². The van der Waals surface area contributed by atoms with E-state index in [-0.39, 0.29) is 12.1 Å². The SMILES string of the molecule is CCOc1cccc(NC(=O)N2CCOC(C)C2)c1. The van der Waals surface area contributed by atoms with E-state index >= 15 is 0 Å². The summed E-state index contributed by atoms with van der Waals surface area (Å²) in [4.78, 5) is 13.9. The van der Waals surface area contributed by atoms with Crippen LogP contribution < -0.4 is 10.1 Å². The molecule has 5 nitrogen and oxygen atoms in total. The van der Waals surface area contributed by atoms with E-state index < -0.39 is 0 Å². The largest absolute Gasteiger partial charge is 0.494 e. The number of ether oxygens (including phenoxy) is 2. The Balaban J connectivity index is 1.96. The van der Waals surface area contributed by atoms with Crippen LogP contribution in [0.2, 0.25) is 0 Å². The normalized spacial score (nSPS) is 19.1. The number of rotatable bonds is 3. The maximum Gasteiger partial charge on any atom is 0.322 e. The van der Waals surface area contributed by atoms with Crippen LogP contribution >= 0.6 is 0 Å². The lowest BCUT2D eigenvalue weighted by Gasteiger charge is -2.31. The molecule has 0 bridgehead atoms. The number of nitrogens with zero attached hydrogens (tertiary/aromatic N) is 1. The van der Waals surface area contributed by atoms with Crippen molar-refractivity contribution in [2.45, 2.75) is 20.0 Å². The number of benzene rings is 1. The van der Waals surface area contributed by atoms with Gasteiger partial charge in [-0.15, -0.1) is 0 Å². The van der Waals surface area contributed by atoms with Crippen molar-refractivity contribution in [1.82, 2.24) is 4.90 Å². The number of urea groups is 1. The minimum Gasteiger partial charge on any atom is -0.494 e. The second kappa shape index (κ2) is 6.43. The second-order valence-electron chi connectivity index (χ2n) is 4.52. The second-order valence-corrected chi connectivity index (χ2v) is 4.52. The van der Waals surface area contributed by atoms with Gasteiger partial charge in [0.25, 0.3) is 0 Å². The maximum atomic E-state index is 12.1. The summed E-state index contributed by atoms with van der Waals surface area (Å²) in [6.45, 7) is 6.35.